The lowest BCUT2D eigenvalue weighted by Crippen LogP contribution is -2.61. The molecule has 0 heterocycles. The Bertz CT molecular complexity index is 1060. The summed E-state index contributed by atoms with van der Waals surface area (Å²) in [5.74, 6) is -1.84. The predicted octanol–water partition coefficient (Wildman–Crippen LogP) is 3.41. The second kappa shape index (κ2) is 9.25. The molecule has 5 aliphatic rings. The van der Waals surface area contributed by atoms with Gasteiger partial charge in [-0.1, -0.05) is 65.0 Å². The molecule has 3 N–H and O–H groups in total. The van der Waals surface area contributed by atoms with Gasteiger partial charge in [0.2, 0.25) is 0 Å². The molecule has 7 nitrogen and oxygen atoms in total. The molecule has 38 heavy (non-hydrogen) atoms. The smallest absolute Gasteiger partial charge is 0.323 e. The van der Waals surface area contributed by atoms with Crippen LogP contribution in [-0.2, 0) is 14.3 Å². The molecule has 0 aromatic carbocycles. The first kappa shape index (κ1) is 28.0. The molecular formula is C31H47NO6. The van der Waals surface area contributed by atoms with Crippen LogP contribution in [0.2, 0.25) is 0 Å². The van der Waals surface area contributed by atoms with Crippen molar-refractivity contribution in [2.24, 2.45) is 35.0 Å². The zero-order valence-electron chi connectivity index (χ0n) is 24.0. The summed E-state index contributed by atoms with van der Waals surface area (Å²) in [7, 11) is 3.89. The molecule has 3 saturated carbocycles. The van der Waals surface area contributed by atoms with E-state index < -0.39 is 34.1 Å². The maximum Gasteiger partial charge on any atom is 0.323 e. The number of esters is 1. The minimum absolute atomic E-state index is 0.00357. The van der Waals surface area contributed by atoms with Crippen molar-refractivity contribution in [1.82, 2.24) is 4.90 Å². The highest BCUT2D eigenvalue weighted by Crippen LogP contribution is 2.76. The number of Topliss-reactive ketones (excluding diaryl/α,β-unsaturated/α-hetero) is 1. The molecular weight excluding hydrogens is 482 g/mol. The molecule has 5 aliphatic carbocycles. The van der Waals surface area contributed by atoms with Crippen LogP contribution in [0.1, 0.15) is 79.1 Å². The van der Waals surface area contributed by atoms with Crippen molar-refractivity contribution >= 4 is 11.8 Å². The van der Waals surface area contributed by atoms with Gasteiger partial charge in [0.15, 0.2) is 5.78 Å². The average molecular weight is 530 g/mol. The highest BCUT2D eigenvalue weighted by Gasteiger charge is 2.83. The fraction of sp³-hybridized carbons (Fsp3) is 0.806. The quantitative estimate of drug-likeness (QED) is 0.358. The van der Waals surface area contributed by atoms with E-state index in [0.717, 1.165) is 19.3 Å². The van der Waals surface area contributed by atoms with Crippen LogP contribution >= 0.6 is 0 Å². The standard InChI is InChI=1S/C31H47NO6/c1-18-12-24-29(36,26(18)34)16-21(17-33)13-22-25-28(3,4)30(25,15-19(2)31(22,24)37)38-27(35)23(32(5)6)14-20-10-8-7-9-11-20/h12-13,19-20,22-25,33,36-37H,7-11,14-17H2,1-6H3/t19-,22+,23+,24-,25-,29-,30+,31-/m1/s1. The summed E-state index contributed by atoms with van der Waals surface area (Å²) in [6.45, 7) is 7.53. The zero-order valence-corrected chi connectivity index (χ0v) is 24.0. The molecule has 0 bridgehead atoms. The number of fused-ring (bicyclic) bond motifs is 5. The third kappa shape index (κ3) is 3.82. The van der Waals surface area contributed by atoms with E-state index >= 15 is 0 Å². The third-order valence-corrected chi connectivity index (χ3v) is 11.3. The van der Waals surface area contributed by atoms with E-state index in [1.54, 1.807) is 13.0 Å². The van der Waals surface area contributed by atoms with Crippen LogP contribution in [0.25, 0.3) is 0 Å². The van der Waals surface area contributed by atoms with Crippen molar-refractivity contribution in [2.75, 3.05) is 20.7 Å². The summed E-state index contributed by atoms with van der Waals surface area (Å²) in [5.41, 5.74) is -3.34. The second-order valence-corrected chi connectivity index (χ2v) is 14.0. The Morgan fingerprint density at radius 3 is 2.42 bits per heavy atom. The molecule has 7 heteroatoms. The Morgan fingerprint density at radius 2 is 1.82 bits per heavy atom. The first-order chi connectivity index (χ1) is 17.7. The molecule has 0 spiro atoms. The normalized spacial score (nSPS) is 42.8. The van der Waals surface area contributed by atoms with Gasteiger partial charge in [0.05, 0.1) is 12.2 Å². The molecule has 8 atom stereocenters. The molecule has 0 unspecified atom stereocenters. The van der Waals surface area contributed by atoms with Crippen LogP contribution in [0.15, 0.2) is 23.3 Å². The monoisotopic (exact) mass is 529 g/mol. The fourth-order valence-electron chi connectivity index (χ4n) is 9.10. The number of aliphatic hydroxyl groups excluding tert-OH is 1. The van der Waals surface area contributed by atoms with E-state index in [4.69, 9.17) is 4.74 Å². The van der Waals surface area contributed by atoms with Crippen LogP contribution < -0.4 is 0 Å². The van der Waals surface area contributed by atoms with Crippen LogP contribution in [0.4, 0.5) is 0 Å². The maximum absolute atomic E-state index is 13.8. The zero-order chi connectivity index (χ0) is 27.8. The van der Waals surface area contributed by atoms with Crippen LogP contribution in [0.5, 0.6) is 0 Å². The number of ether oxygens (including phenoxy) is 1. The lowest BCUT2D eigenvalue weighted by molar-refractivity contribution is -0.189. The number of carbonyl (C=O) groups is 2. The van der Waals surface area contributed by atoms with Gasteiger partial charge in [-0.25, -0.2) is 0 Å². The highest BCUT2D eigenvalue weighted by molar-refractivity contribution is 6.04. The van der Waals surface area contributed by atoms with Crippen molar-refractivity contribution in [3.63, 3.8) is 0 Å². The largest absolute Gasteiger partial charge is 0.457 e. The molecule has 0 aliphatic heterocycles. The number of nitrogens with zero attached hydrogens (tertiary/aromatic N) is 1. The Kier molecular flexibility index (Phi) is 6.82. The molecule has 0 radical (unpaired) electrons. The second-order valence-electron chi connectivity index (χ2n) is 14.0. The molecule has 0 saturated heterocycles. The van der Waals surface area contributed by atoms with E-state index in [0.29, 0.717) is 23.5 Å². The molecule has 0 amide bonds. The first-order valence-corrected chi connectivity index (χ1v) is 14.6. The van der Waals surface area contributed by atoms with Crippen molar-refractivity contribution in [2.45, 2.75) is 102 Å². The number of aliphatic hydroxyl groups is 3. The van der Waals surface area contributed by atoms with Gasteiger partial charge in [0, 0.05) is 29.6 Å². The first-order valence-electron chi connectivity index (χ1n) is 14.6. The summed E-state index contributed by atoms with van der Waals surface area (Å²) in [6, 6.07) is -0.318. The lowest BCUT2D eigenvalue weighted by Gasteiger charge is -2.50. The number of ketones is 1. The van der Waals surface area contributed by atoms with Gasteiger partial charge in [-0.2, -0.15) is 0 Å². The van der Waals surface area contributed by atoms with E-state index in [-0.39, 0.29) is 42.7 Å². The van der Waals surface area contributed by atoms with Gasteiger partial charge in [0.1, 0.15) is 17.2 Å². The molecule has 0 aromatic rings. The van der Waals surface area contributed by atoms with E-state index in [1.807, 2.05) is 32.0 Å². The van der Waals surface area contributed by atoms with Crippen molar-refractivity contribution < 1.29 is 29.6 Å². The number of hydrogen-bond donors (Lipinski definition) is 3. The number of likely N-dealkylation sites (N-methyl/N-ethyl adjacent to an activating group) is 1. The highest BCUT2D eigenvalue weighted by atomic mass is 16.6. The topological polar surface area (TPSA) is 107 Å². The van der Waals surface area contributed by atoms with Gasteiger partial charge in [-0.3, -0.25) is 14.5 Å². The lowest BCUT2D eigenvalue weighted by atomic mass is 9.60. The Hall–Kier alpha value is -1.54. The molecule has 212 valence electrons. The van der Waals surface area contributed by atoms with Crippen molar-refractivity contribution in [3.8, 4) is 0 Å². The molecule has 5 rings (SSSR count). The minimum atomic E-state index is -1.78. The van der Waals surface area contributed by atoms with E-state index in [1.165, 1.54) is 19.3 Å². The Balaban J connectivity index is 1.48. The summed E-state index contributed by atoms with van der Waals surface area (Å²) < 4.78 is 6.56. The molecule has 3 fully saturated rings. The van der Waals surface area contributed by atoms with Crippen molar-refractivity contribution in [3.05, 3.63) is 23.3 Å². The number of carbonyl (C=O) groups excluding carboxylic acids is 2. The summed E-state index contributed by atoms with van der Waals surface area (Å²) >= 11 is 0. The minimum Gasteiger partial charge on any atom is -0.457 e. The van der Waals surface area contributed by atoms with Crippen LogP contribution in [0, 0.1) is 35.0 Å². The van der Waals surface area contributed by atoms with Crippen molar-refractivity contribution in [1.29, 1.82) is 0 Å². The third-order valence-electron chi connectivity index (χ3n) is 11.3. The van der Waals surface area contributed by atoms with Gasteiger partial charge in [0.25, 0.3) is 0 Å². The molecule has 0 aromatic heterocycles. The van der Waals surface area contributed by atoms with Gasteiger partial charge in [-0.15, -0.1) is 0 Å². The summed E-state index contributed by atoms with van der Waals surface area (Å²) in [5, 5.41) is 34.4. The van der Waals surface area contributed by atoms with E-state index in [9.17, 15) is 24.9 Å². The average Bonchev–Trinajstić information content (AvgIpc) is 3.26. The van der Waals surface area contributed by atoms with Gasteiger partial charge < -0.3 is 20.1 Å². The maximum atomic E-state index is 13.8. The Labute approximate surface area is 227 Å². The Morgan fingerprint density at radius 1 is 1.16 bits per heavy atom. The number of hydrogen-bond acceptors (Lipinski definition) is 7. The summed E-state index contributed by atoms with van der Waals surface area (Å²) in [4.78, 5) is 28.9. The van der Waals surface area contributed by atoms with E-state index in [2.05, 4.69) is 13.8 Å². The SMILES string of the molecule is CC1=C[C@H]2[C@@]3(O)[C@H](C)C[C@]4(OC(=O)[C@H](CC5CCCCC5)N(C)C)[C@H]([C@@H]3C=C(CO)C[C@]2(O)C1=O)C4(C)C. The van der Waals surface area contributed by atoms with Gasteiger partial charge >= 0.3 is 5.97 Å². The fourth-order valence-corrected chi connectivity index (χ4v) is 9.10. The van der Waals surface area contributed by atoms with Gasteiger partial charge in [-0.05, 0) is 56.8 Å². The number of rotatable bonds is 6. The van der Waals surface area contributed by atoms with Crippen LogP contribution in [0.3, 0.4) is 0 Å². The summed E-state index contributed by atoms with van der Waals surface area (Å²) in [6.07, 6.45) is 10.9. The van der Waals surface area contributed by atoms with Crippen LogP contribution in [-0.4, -0.2) is 75.5 Å². The predicted molar refractivity (Wildman–Crippen MR) is 144 cm³/mol.